The molecule has 0 saturated carbocycles. The molecule has 0 aliphatic carbocycles. The lowest BCUT2D eigenvalue weighted by Crippen LogP contribution is -2.48. The van der Waals surface area contributed by atoms with Gasteiger partial charge in [0, 0.05) is 19.8 Å². The van der Waals surface area contributed by atoms with Crippen molar-refractivity contribution in [1.82, 2.24) is 5.32 Å². The summed E-state index contributed by atoms with van der Waals surface area (Å²) in [4.78, 5) is 24.0. The van der Waals surface area contributed by atoms with Crippen LogP contribution in [0.5, 0.6) is 5.75 Å². The number of esters is 1. The van der Waals surface area contributed by atoms with Gasteiger partial charge in [-0.3, -0.25) is 9.59 Å². The Bertz CT molecular complexity index is 534. The van der Waals surface area contributed by atoms with Crippen molar-refractivity contribution >= 4 is 11.9 Å². The van der Waals surface area contributed by atoms with Crippen molar-refractivity contribution in [3.8, 4) is 5.75 Å². The van der Waals surface area contributed by atoms with E-state index in [1.54, 1.807) is 7.11 Å². The van der Waals surface area contributed by atoms with E-state index >= 15 is 0 Å². The van der Waals surface area contributed by atoms with Crippen molar-refractivity contribution in [2.75, 3.05) is 34.0 Å². The van der Waals surface area contributed by atoms with E-state index in [1.807, 2.05) is 24.3 Å². The molecule has 23 heavy (non-hydrogen) atoms. The van der Waals surface area contributed by atoms with E-state index in [0.29, 0.717) is 26.1 Å². The van der Waals surface area contributed by atoms with Gasteiger partial charge in [0.15, 0.2) is 0 Å². The highest BCUT2D eigenvalue weighted by Gasteiger charge is 2.41. The van der Waals surface area contributed by atoms with Crippen LogP contribution in [0.25, 0.3) is 0 Å². The summed E-state index contributed by atoms with van der Waals surface area (Å²) in [6.07, 6.45) is 1.39. The molecule has 6 nitrogen and oxygen atoms in total. The smallest absolute Gasteiger partial charge is 0.307 e. The van der Waals surface area contributed by atoms with Gasteiger partial charge in [-0.05, 0) is 30.5 Å². The Morgan fingerprint density at radius 1 is 1.17 bits per heavy atom. The van der Waals surface area contributed by atoms with Crippen LogP contribution in [0.4, 0.5) is 0 Å². The van der Waals surface area contributed by atoms with Gasteiger partial charge >= 0.3 is 5.97 Å². The predicted octanol–water partition coefficient (Wildman–Crippen LogP) is 1.42. The van der Waals surface area contributed by atoms with Gasteiger partial charge < -0.3 is 19.5 Å². The topological polar surface area (TPSA) is 73.9 Å². The highest BCUT2D eigenvalue weighted by atomic mass is 16.5. The summed E-state index contributed by atoms with van der Waals surface area (Å²) < 4.78 is 15.2. The third-order valence-electron chi connectivity index (χ3n) is 4.27. The maximum atomic E-state index is 12.8. The van der Waals surface area contributed by atoms with Crippen LogP contribution >= 0.6 is 0 Å². The summed E-state index contributed by atoms with van der Waals surface area (Å²) >= 11 is 0. The first kappa shape index (κ1) is 17.3. The second-order valence-electron chi connectivity index (χ2n) is 5.51. The van der Waals surface area contributed by atoms with Crippen molar-refractivity contribution in [3.05, 3.63) is 29.8 Å². The highest BCUT2D eigenvalue weighted by Crippen LogP contribution is 2.36. The fourth-order valence-electron chi connectivity index (χ4n) is 2.83. The number of benzene rings is 1. The lowest BCUT2D eigenvalue weighted by molar-refractivity contribution is -0.140. The Hall–Kier alpha value is -2.08. The Morgan fingerprint density at radius 2 is 1.83 bits per heavy atom. The van der Waals surface area contributed by atoms with Gasteiger partial charge in [0.2, 0.25) is 5.91 Å². The molecule has 1 N–H and O–H groups in total. The minimum absolute atomic E-state index is 0.0742. The molecule has 2 rings (SSSR count). The zero-order chi connectivity index (χ0) is 16.7. The number of nitrogens with one attached hydrogen (secondary N) is 1. The van der Waals surface area contributed by atoms with Crippen LogP contribution in [0, 0.1) is 0 Å². The molecular formula is C17H23NO5. The van der Waals surface area contributed by atoms with Gasteiger partial charge in [-0.1, -0.05) is 12.1 Å². The number of ether oxygens (including phenoxy) is 3. The number of hydrogen-bond acceptors (Lipinski definition) is 5. The van der Waals surface area contributed by atoms with E-state index in [4.69, 9.17) is 9.47 Å². The number of carbonyl (C=O) groups excluding carboxylic acids is 2. The first-order chi connectivity index (χ1) is 11.1. The van der Waals surface area contributed by atoms with Crippen LogP contribution in [-0.4, -0.2) is 45.9 Å². The summed E-state index contributed by atoms with van der Waals surface area (Å²) in [5, 5.41) is 2.86. The monoisotopic (exact) mass is 321 g/mol. The summed E-state index contributed by atoms with van der Waals surface area (Å²) in [7, 11) is 2.94. The van der Waals surface area contributed by atoms with E-state index in [-0.39, 0.29) is 24.8 Å². The lowest BCUT2D eigenvalue weighted by atomic mass is 9.73. The van der Waals surface area contributed by atoms with Crippen molar-refractivity contribution in [2.45, 2.75) is 24.7 Å². The Morgan fingerprint density at radius 3 is 2.39 bits per heavy atom. The predicted molar refractivity (Wildman–Crippen MR) is 84.4 cm³/mol. The Kier molecular flexibility index (Phi) is 5.98. The van der Waals surface area contributed by atoms with Crippen molar-refractivity contribution in [1.29, 1.82) is 0 Å². The SMILES string of the molecule is COC(=O)CCNC(=O)C1(c2ccc(OC)cc2)CCOCC1. The lowest BCUT2D eigenvalue weighted by Gasteiger charge is -2.36. The average Bonchev–Trinajstić information content (AvgIpc) is 2.62. The van der Waals surface area contributed by atoms with Crippen LogP contribution in [0.1, 0.15) is 24.8 Å². The number of hydrogen-bond donors (Lipinski definition) is 1. The molecule has 6 heteroatoms. The molecule has 0 spiro atoms. The molecule has 126 valence electrons. The first-order valence-electron chi connectivity index (χ1n) is 7.70. The van der Waals surface area contributed by atoms with Crippen LogP contribution < -0.4 is 10.1 Å². The normalized spacial score (nSPS) is 16.4. The highest BCUT2D eigenvalue weighted by molar-refractivity contribution is 5.88. The molecule has 0 aromatic heterocycles. The molecular weight excluding hydrogens is 298 g/mol. The molecule has 1 aromatic carbocycles. The molecule has 1 aliphatic heterocycles. The minimum atomic E-state index is -0.624. The summed E-state index contributed by atoms with van der Waals surface area (Å²) in [6, 6.07) is 7.55. The molecule has 0 bridgehead atoms. The van der Waals surface area contributed by atoms with Crippen LogP contribution in [-0.2, 0) is 24.5 Å². The second-order valence-corrected chi connectivity index (χ2v) is 5.51. The maximum Gasteiger partial charge on any atom is 0.307 e. The fourth-order valence-corrected chi connectivity index (χ4v) is 2.83. The van der Waals surface area contributed by atoms with Crippen molar-refractivity contribution < 1.29 is 23.8 Å². The Labute approximate surface area is 136 Å². The third kappa shape index (κ3) is 4.01. The van der Waals surface area contributed by atoms with Crippen molar-refractivity contribution in [2.24, 2.45) is 0 Å². The molecule has 1 fully saturated rings. The quantitative estimate of drug-likeness (QED) is 0.802. The molecule has 0 radical (unpaired) electrons. The van der Waals surface area contributed by atoms with Gasteiger partial charge in [0.1, 0.15) is 5.75 Å². The summed E-state index contributed by atoms with van der Waals surface area (Å²) in [5.41, 5.74) is 0.317. The Balaban J connectivity index is 2.14. The average molecular weight is 321 g/mol. The number of rotatable bonds is 6. The van der Waals surface area contributed by atoms with E-state index < -0.39 is 5.41 Å². The van der Waals surface area contributed by atoms with Crippen molar-refractivity contribution in [3.63, 3.8) is 0 Å². The fraction of sp³-hybridized carbons (Fsp3) is 0.529. The molecule has 1 heterocycles. The molecule has 0 atom stereocenters. The minimum Gasteiger partial charge on any atom is -0.497 e. The zero-order valence-electron chi connectivity index (χ0n) is 13.6. The van der Waals surface area contributed by atoms with Crippen LogP contribution in [0.15, 0.2) is 24.3 Å². The third-order valence-corrected chi connectivity index (χ3v) is 4.27. The second kappa shape index (κ2) is 7.97. The molecule has 1 aliphatic rings. The molecule has 1 amide bonds. The standard InChI is InChI=1S/C17H23NO5/c1-21-14-5-3-13(4-6-14)17(8-11-23-12-9-17)16(20)18-10-7-15(19)22-2/h3-6H,7-12H2,1-2H3,(H,18,20). The maximum absolute atomic E-state index is 12.8. The van der Waals surface area contributed by atoms with Gasteiger partial charge in [-0.2, -0.15) is 0 Å². The van der Waals surface area contributed by atoms with E-state index in [1.165, 1.54) is 7.11 Å². The summed E-state index contributed by atoms with van der Waals surface area (Å²) in [5.74, 6) is 0.340. The van der Waals surface area contributed by atoms with Gasteiger partial charge in [-0.25, -0.2) is 0 Å². The first-order valence-corrected chi connectivity index (χ1v) is 7.70. The number of amides is 1. The van der Waals surface area contributed by atoms with Gasteiger partial charge in [0.25, 0.3) is 0 Å². The van der Waals surface area contributed by atoms with Gasteiger partial charge in [-0.15, -0.1) is 0 Å². The van der Waals surface area contributed by atoms with E-state index in [2.05, 4.69) is 10.1 Å². The number of methoxy groups -OCH3 is 2. The van der Waals surface area contributed by atoms with Gasteiger partial charge in [0.05, 0.1) is 26.1 Å². The van der Waals surface area contributed by atoms with Crippen LogP contribution in [0.2, 0.25) is 0 Å². The zero-order valence-corrected chi connectivity index (χ0v) is 13.6. The molecule has 1 saturated heterocycles. The molecule has 1 aromatic rings. The van der Waals surface area contributed by atoms with E-state index in [0.717, 1.165) is 11.3 Å². The van der Waals surface area contributed by atoms with Crippen LogP contribution in [0.3, 0.4) is 0 Å². The molecule has 0 unspecified atom stereocenters. The largest absolute Gasteiger partial charge is 0.497 e. The summed E-state index contributed by atoms with van der Waals surface area (Å²) in [6.45, 7) is 1.34. The van der Waals surface area contributed by atoms with E-state index in [9.17, 15) is 9.59 Å². The number of carbonyl (C=O) groups is 2.